The van der Waals surface area contributed by atoms with E-state index in [-0.39, 0.29) is 0 Å². The molecule has 0 saturated carbocycles. The van der Waals surface area contributed by atoms with E-state index in [1.54, 1.807) is 0 Å². The molecule has 0 aliphatic heterocycles. The molecule has 1 aromatic heterocycles. The Kier molecular flexibility index (Phi) is 3.77. The van der Waals surface area contributed by atoms with E-state index in [2.05, 4.69) is 30.3 Å². The zero-order valence-corrected chi connectivity index (χ0v) is 8.43. The predicted octanol–water partition coefficient (Wildman–Crippen LogP) is 2.11. The van der Waals surface area contributed by atoms with Gasteiger partial charge < -0.3 is 10.7 Å². The number of aromatic nitrogens is 1. The maximum atomic E-state index is 5.54. The smallest absolute Gasteiger partial charge is 0.0412 e. The predicted molar refractivity (Wildman–Crippen MR) is 57.6 cm³/mol. The maximum Gasteiger partial charge on any atom is 0.0412 e. The number of nitrogens with two attached hydrogens (primary N) is 1. The van der Waals surface area contributed by atoms with Gasteiger partial charge >= 0.3 is 0 Å². The lowest BCUT2D eigenvalue weighted by atomic mass is 10.1. The summed E-state index contributed by atoms with van der Waals surface area (Å²) in [6, 6.07) is 0. The Bertz CT molecular complexity index is 284. The third-order valence-electron chi connectivity index (χ3n) is 2.22. The van der Waals surface area contributed by atoms with Gasteiger partial charge in [0, 0.05) is 11.9 Å². The Hall–Kier alpha value is -1.02. The maximum absolute atomic E-state index is 5.54. The van der Waals surface area contributed by atoms with Crippen LogP contribution < -0.4 is 5.73 Å². The van der Waals surface area contributed by atoms with Gasteiger partial charge in [-0.25, -0.2) is 0 Å². The van der Waals surface area contributed by atoms with Crippen molar-refractivity contribution in [3.63, 3.8) is 0 Å². The zero-order chi connectivity index (χ0) is 9.68. The lowest BCUT2D eigenvalue weighted by Gasteiger charge is -2.00. The highest BCUT2D eigenvalue weighted by molar-refractivity contribution is 5.52. The van der Waals surface area contributed by atoms with Gasteiger partial charge in [0.1, 0.15) is 0 Å². The third-order valence-corrected chi connectivity index (χ3v) is 2.22. The van der Waals surface area contributed by atoms with Crippen molar-refractivity contribution in [2.45, 2.75) is 26.7 Å². The van der Waals surface area contributed by atoms with Crippen molar-refractivity contribution in [3.8, 4) is 0 Å². The van der Waals surface area contributed by atoms with Crippen LogP contribution in [-0.4, -0.2) is 11.5 Å². The van der Waals surface area contributed by atoms with Crippen LogP contribution in [0.2, 0.25) is 0 Å². The van der Waals surface area contributed by atoms with Gasteiger partial charge in [0.2, 0.25) is 0 Å². The van der Waals surface area contributed by atoms with E-state index in [1.165, 1.54) is 16.8 Å². The number of allylic oxidation sites excluding steroid dienone is 1. The van der Waals surface area contributed by atoms with Crippen LogP contribution in [0.15, 0.2) is 12.3 Å². The molecule has 3 N–H and O–H groups in total. The van der Waals surface area contributed by atoms with Crippen LogP contribution in [-0.2, 0) is 12.8 Å². The normalized spacial score (nSPS) is 11.3. The number of rotatable bonds is 4. The molecule has 2 heteroatoms. The van der Waals surface area contributed by atoms with Crippen molar-refractivity contribution in [2.24, 2.45) is 5.73 Å². The quantitative estimate of drug-likeness (QED) is 0.728. The summed E-state index contributed by atoms with van der Waals surface area (Å²) in [5.41, 5.74) is 9.53. The first kappa shape index (κ1) is 10.1. The number of aromatic amines is 1. The molecule has 72 valence electrons. The van der Waals surface area contributed by atoms with Gasteiger partial charge in [-0.1, -0.05) is 13.0 Å². The van der Waals surface area contributed by atoms with Gasteiger partial charge in [0.15, 0.2) is 0 Å². The van der Waals surface area contributed by atoms with Gasteiger partial charge in [-0.15, -0.1) is 0 Å². The third kappa shape index (κ3) is 2.22. The van der Waals surface area contributed by atoms with Gasteiger partial charge in [-0.05, 0) is 43.5 Å². The van der Waals surface area contributed by atoms with E-state index in [0.717, 1.165) is 19.4 Å². The molecule has 1 aromatic rings. The minimum absolute atomic E-state index is 0.722. The largest absolute Gasteiger partial charge is 0.361 e. The monoisotopic (exact) mass is 178 g/mol. The Morgan fingerprint density at radius 3 is 2.85 bits per heavy atom. The number of nitrogens with one attached hydrogen (secondary N) is 1. The molecule has 1 heterocycles. The Labute approximate surface area is 79.8 Å². The lowest BCUT2D eigenvalue weighted by Crippen LogP contribution is -2.03. The average Bonchev–Trinajstić information content (AvgIpc) is 2.49. The zero-order valence-electron chi connectivity index (χ0n) is 8.43. The van der Waals surface area contributed by atoms with E-state index in [4.69, 9.17) is 5.73 Å². The summed E-state index contributed by atoms with van der Waals surface area (Å²) in [4.78, 5) is 3.27. The lowest BCUT2D eigenvalue weighted by molar-refractivity contribution is 0.947. The number of H-pyrrole nitrogens is 1. The fourth-order valence-electron chi connectivity index (χ4n) is 1.62. The van der Waals surface area contributed by atoms with Gasteiger partial charge in [-0.2, -0.15) is 0 Å². The molecule has 13 heavy (non-hydrogen) atoms. The summed E-state index contributed by atoms with van der Waals surface area (Å²) in [5, 5.41) is 0. The standard InChI is InChI=1S/C11H18N2/c1-3-5-11-10(4-2)9(6-7-12)8-13-11/h3,5,8,13H,4,6-7,12H2,1-2H3/b5-3-. The van der Waals surface area contributed by atoms with Crippen molar-refractivity contribution in [1.82, 2.24) is 4.98 Å². The second kappa shape index (κ2) is 4.87. The van der Waals surface area contributed by atoms with Crippen LogP contribution in [0.25, 0.3) is 6.08 Å². The summed E-state index contributed by atoms with van der Waals surface area (Å²) < 4.78 is 0. The molecule has 0 spiro atoms. The van der Waals surface area contributed by atoms with Crippen molar-refractivity contribution in [1.29, 1.82) is 0 Å². The first-order valence-electron chi connectivity index (χ1n) is 4.85. The molecule has 0 bridgehead atoms. The van der Waals surface area contributed by atoms with Crippen molar-refractivity contribution >= 4 is 6.08 Å². The van der Waals surface area contributed by atoms with Crippen molar-refractivity contribution < 1.29 is 0 Å². The molecule has 0 radical (unpaired) electrons. The van der Waals surface area contributed by atoms with E-state index in [9.17, 15) is 0 Å². The summed E-state index contributed by atoms with van der Waals surface area (Å²) in [7, 11) is 0. The van der Waals surface area contributed by atoms with Crippen LogP contribution in [0.3, 0.4) is 0 Å². The van der Waals surface area contributed by atoms with Crippen LogP contribution in [0.5, 0.6) is 0 Å². The van der Waals surface area contributed by atoms with Crippen molar-refractivity contribution in [2.75, 3.05) is 6.54 Å². The van der Waals surface area contributed by atoms with Gasteiger partial charge in [-0.3, -0.25) is 0 Å². The SMILES string of the molecule is C/C=C\c1[nH]cc(CCN)c1CC. The number of hydrogen-bond acceptors (Lipinski definition) is 1. The minimum atomic E-state index is 0.722. The molecule has 0 unspecified atom stereocenters. The molecule has 0 amide bonds. The van der Waals surface area contributed by atoms with Crippen LogP contribution in [0.1, 0.15) is 30.7 Å². The second-order valence-electron chi connectivity index (χ2n) is 3.10. The summed E-state index contributed by atoms with van der Waals surface area (Å²) in [6.07, 6.45) is 8.27. The second-order valence-corrected chi connectivity index (χ2v) is 3.10. The summed E-state index contributed by atoms with van der Waals surface area (Å²) in [5.74, 6) is 0. The highest BCUT2D eigenvalue weighted by Crippen LogP contribution is 2.16. The molecular weight excluding hydrogens is 160 g/mol. The molecule has 1 rings (SSSR count). The molecule has 0 aliphatic rings. The first-order chi connectivity index (χ1) is 6.33. The Morgan fingerprint density at radius 1 is 1.54 bits per heavy atom. The highest BCUT2D eigenvalue weighted by atomic mass is 14.7. The molecule has 0 saturated heterocycles. The molecule has 0 fully saturated rings. The van der Waals surface area contributed by atoms with Crippen LogP contribution >= 0.6 is 0 Å². The number of hydrogen-bond donors (Lipinski definition) is 2. The molecular formula is C11H18N2. The Morgan fingerprint density at radius 2 is 2.31 bits per heavy atom. The first-order valence-corrected chi connectivity index (χ1v) is 4.85. The van der Waals surface area contributed by atoms with Gasteiger partial charge in [0.05, 0.1) is 0 Å². The molecule has 0 aliphatic carbocycles. The molecule has 0 atom stereocenters. The molecule has 0 aromatic carbocycles. The fourth-order valence-corrected chi connectivity index (χ4v) is 1.62. The summed E-state index contributed by atoms with van der Waals surface area (Å²) >= 11 is 0. The molecule has 2 nitrogen and oxygen atoms in total. The van der Waals surface area contributed by atoms with E-state index in [0.29, 0.717) is 0 Å². The van der Waals surface area contributed by atoms with E-state index < -0.39 is 0 Å². The topological polar surface area (TPSA) is 41.8 Å². The average molecular weight is 178 g/mol. The highest BCUT2D eigenvalue weighted by Gasteiger charge is 2.05. The summed E-state index contributed by atoms with van der Waals surface area (Å²) in [6.45, 7) is 4.93. The van der Waals surface area contributed by atoms with Crippen LogP contribution in [0, 0.1) is 0 Å². The minimum Gasteiger partial charge on any atom is -0.361 e. The van der Waals surface area contributed by atoms with Gasteiger partial charge in [0.25, 0.3) is 0 Å². The fraction of sp³-hybridized carbons (Fsp3) is 0.455. The van der Waals surface area contributed by atoms with Crippen LogP contribution in [0.4, 0.5) is 0 Å². The Balaban J connectivity index is 2.95. The van der Waals surface area contributed by atoms with E-state index >= 15 is 0 Å². The van der Waals surface area contributed by atoms with E-state index in [1.807, 2.05) is 6.92 Å². The van der Waals surface area contributed by atoms with Crippen molar-refractivity contribution in [3.05, 3.63) is 29.1 Å².